The van der Waals surface area contributed by atoms with Gasteiger partial charge in [0.05, 0.1) is 11.0 Å². The van der Waals surface area contributed by atoms with Crippen molar-refractivity contribution in [3.8, 4) is 0 Å². The van der Waals surface area contributed by atoms with Crippen LogP contribution in [0.3, 0.4) is 0 Å². The molecule has 1 aromatic heterocycles. The monoisotopic (exact) mass is 283 g/mol. The van der Waals surface area contributed by atoms with Crippen LogP contribution in [0.15, 0.2) is 79.4 Å². The van der Waals surface area contributed by atoms with Crippen molar-refractivity contribution in [2.45, 2.75) is 6.42 Å². The molecule has 0 radical (unpaired) electrons. The zero-order chi connectivity index (χ0) is 14.9. The minimum Gasteiger partial charge on any atom is -0.316 e. The summed E-state index contributed by atoms with van der Waals surface area (Å²) < 4.78 is 2.21. The Hall–Kier alpha value is -2.80. The molecule has 4 aromatic rings. The van der Waals surface area contributed by atoms with Crippen LogP contribution in [0.4, 0.5) is 0 Å². The molecule has 0 atom stereocenters. The summed E-state index contributed by atoms with van der Waals surface area (Å²) in [4.78, 5) is 0. The molecule has 4 rings (SSSR count). The van der Waals surface area contributed by atoms with Gasteiger partial charge in [-0.2, -0.15) is 0 Å². The Balaban J connectivity index is 2.02. The first kappa shape index (κ1) is 12.9. The van der Waals surface area contributed by atoms with Gasteiger partial charge in [-0.3, -0.25) is 0 Å². The topological polar surface area (TPSA) is 4.93 Å². The summed E-state index contributed by atoms with van der Waals surface area (Å²) in [6, 6.07) is 25.7. The van der Waals surface area contributed by atoms with E-state index < -0.39 is 0 Å². The minimum atomic E-state index is 0.933. The highest BCUT2D eigenvalue weighted by Crippen LogP contribution is 2.32. The van der Waals surface area contributed by atoms with Crippen LogP contribution in [0, 0.1) is 0 Å². The van der Waals surface area contributed by atoms with E-state index in [1.165, 1.54) is 32.9 Å². The second kappa shape index (κ2) is 5.19. The SMILES string of the molecule is C=Cn1c2ccccc2c2cccc(Cc3ccccc3)c21. The molecule has 0 saturated heterocycles. The summed E-state index contributed by atoms with van der Waals surface area (Å²) in [5.74, 6) is 0. The summed E-state index contributed by atoms with van der Waals surface area (Å²) in [6.07, 6.45) is 2.85. The van der Waals surface area contributed by atoms with Gasteiger partial charge in [-0.15, -0.1) is 0 Å². The molecule has 0 aliphatic rings. The second-order valence-corrected chi connectivity index (χ2v) is 5.55. The van der Waals surface area contributed by atoms with Crippen molar-refractivity contribution in [2.24, 2.45) is 0 Å². The third-order valence-corrected chi connectivity index (χ3v) is 4.23. The maximum atomic E-state index is 4.01. The molecule has 0 aliphatic carbocycles. The summed E-state index contributed by atoms with van der Waals surface area (Å²) in [5.41, 5.74) is 5.14. The second-order valence-electron chi connectivity index (χ2n) is 5.55. The Labute approximate surface area is 130 Å². The average Bonchev–Trinajstić information content (AvgIpc) is 2.91. The lowest BCUT2D eigenvalue weighted by Gasteiger charge is -2.07. The zero-order valence-electron chi connectivity index (χ0n) is 12.4. The first-order valence-corrected chi connectivity index (χ1v) is 7.55. The van der Waals surface area contributed by atoms with E-state index in [2.05, 4.69) is 83.9 Å². The molecule has 0 fully saturated rings. The van der Waals surface area contributed by atoms with E-state index in [4.69, 9.17) is 0 Å². The van der Waals surface area contributed by atoms with Gasteiger partial charge in [0.2, 0.25) is 0 Å². The van der Waals surface area contributed by atoms with Crippen molar-refractivity contribution < 1.29 is 0 Å². The largest absolute Gasteiger partial charge is 0.316 e. The van der Waals surface area contributed by atoms with Crippen LogP contribution in [0.5, 0.6) is 0 Å². The maximum Gasteiger partial charge on any atom is 0.0570 e. The average molecular weight is 283 g/mol. The van der Waals surface area contributed by atoms with Gasteiger partial charge in [0, 0.05) is 17.0 Å². The van der Waals surface area contributed by atoms with Crippen molar-refractivity contribution in [3.63, 3.8) is 0 Å². The molecule has 0 spiro atoms. The number of hydrogen-bond acceptors (Lipinski definition) is 0. The molecule has 0 saturated carbocycles. The Morgan fingerprint density at radius 2 is 1.50 bits per heavy atom. The summed E-state index contributed by atoms with van der Waals surface area (Å²) >= 11 is 0. The normalized spacial score (nSPS) is 11.1. The molecule has 1 nitrogen and oxygen atoms in total. The van der Waals surface area contributed by atoms with Crippen molar-refractivity contribution in [3.05, 3.63) is 90.5 Å². The highest BCUT2D eigenvalue weighted by Gasteiger charge is 2.12. The van der Waals surface area contributed by atoms with E-state index >= 15 is 0 Å². The fourth-order valence-corrected chi connectivity index (χ4v) is 3.27. The van der Waals surface area contributed by atoms with Crippen molar-refractivity contribution in [2.75, 3.05) is 0 Å². The van der Waals surface area contributed by atoms with E-state index in [0.717, 1.165) is 6.42 Å². The Bertz CT molecular complexity index is 961. The zero-order valence-corrected chi connectivity index (χ0v) is 12.4. The quantitative estimate of drug-likeness (QED) is 0.469. The number of fused-ring (bicyclic) bond motifs is 3. The Morgan fingerprint density at radius 3 is 2.32 bits per heavy atom. The van der Waals surface area contributed by atoms with E-state index in [1.54, 1.807) is 0 Å². The van der Waals surface area contributed by atoms with Gasteiger partial charge in [-0.25, -0.2) is 0 Å². The number of aromatic nitrogens is 1. The van der Waals surface area contributed by atoms with Crippen LogP contribution in [-0.4, -0.2) is 4.57 Å². The number of para-hydroxylation sites is 2. The molecule has 1 heterocycles. The number of benzene rings is 3. The van der Waals surface area contributed by atoms with E-state index in [1.807, 2.05) is 6.20 Å². The lowest BCUT2D eigenvalue weighted by atomic mass is 10.0. The molecule has 0 aliphatic heterocycles. The van der Waals surface area contributed by atoms with Gasteiger partial charge < -0.3 is 4.57 Å². The Morgan fingerprint density at radius 1 is 0.773 bits per heavy atom. The highest BCUT2D eigenvalue weighted by molar-refractivity contribution is 6.10. The molecule has 22 heavy (non-hydrogen) atoms. The fraction of sp³-hybridized carbons (Fsp3) is 0.0476. The number of rotatable bonds is 3. The molecule has 106 valence electrons. The molecule has 1 heteroatoms. The van der Waals surface area contributed by atoms with E-state index in [0.29, 0.717) is 0 Å². The van der Waals surface area contributed by atoms with Crippen LogP contribution in [0.25, 0.3) is 28.0 Å². The molecule has 0 N–H and O–H groups in total. The molecular formula is C21H17N. The van der Waals surface area contributed by atoms with E-state index in [-0.39, 0.29) is 0 Å². The third kappa shape index (κ3) is 1.94. The molecule has 0 amide bonds. The lowest BCUT2D eigenvalue weighted by molar-refractivity contribution is 1.18. The number of hydrogen-bond donors (Lipinski definition) is 0. The third-order valence-electron chi connectivity index (χ3n) is 4.23. The summed E-state index contributed by atoms with van der Waals surface area (Å²) in [7, 11) is 0. The van der Waals surface area contributed by atoms with Gasteiger partial charge >= 0.3 is 0 Å². The Kier molecular flexibility index (Phi) is 3.05. The maximum absolute atomic E-state index is 4.01. The van der Waals surface area contributed by atoms with Gasteiger partial charge in [0.1, 0.15) is 0 Å². The van der Waals surface area contributed by atoms with Crippen molar-refractivity contribution in [1.82, 2.24) is 4.57 Å². The minimum absolute atomic E-state index is 0.933. The van der Waals surface area contributed by atoms with Crippen LogP contribution < -0.4 is 0 Å². The predicted octanol–water partition coefficient (Wildman–Crippen LogP) is 5.49. The van der Waals surface area contributed by atoms with E-state index in [9.17, 15) is 0 Å². The van der Waals surface area contributed by atoms with Crippen molar-refractivity contribution >= 4 is 28.0 Å². The van der Waals surface area contributed by atoms with Crippen LogP contribution in [0.2, 0.25) is 0 Å². The molecular weight excluding hydrogens is 266 g/mol. The summed E-state index contributed by atoms with van der Waals surface area (Å²) in [6.45, 7) is 4.01. The lowest BCUT2D eigenvalue weighted by Crippen LogP contribution is -1.93. The number of nitrogens with zero attached hydrogens (tertiary/aromatic N) is 1. The fourth-order valence-electron chi connectivity index (χ4n) is 3.27. The van der Waals surface area contributed by atoms with Crippen molar-refractivity contribution in [1.29, 1.82) is 0 Å². The van der Waals surface area contributed by atoms with Gasteiger partial charge in [-0.1, -0.05) is 73.3 Å². The van der Waals surface area contributed by atoms with Crippen LogP contribution in [0.1, 0.15) is 11.1 Å². The first-order valence-electron chi connectivity index (χ1n) is 7.55. The first-order chi connectivity index (χ1) is 10.9. The van der Waals surface area contributed by atoms with Gasteiger partial charge in [0.25, 0.3) is 0 Å². The molecule has 0 unspecified atom stereocenters. The predicted molar refractivity (Wildman–Crippen MR) is 95.1 cm³/mol. The molecule has 3 aromatic carbocycles. The van der Waals surface area contributed by atoms with Gasteiger partial charge in [0.15, 0.2) is 0 Å². The van der Waals surface area contributed by atoms with Gasteiger partial charge in [-0.05, 0) is 23.6 Å². The standard InChI is InChI=1S/C21H17N/c1-2-22-20-14-7-6-12-18(20)19-13-8-11-17(21(19)22)15-16-9-4-3-5-10-16/h2-14H,1,15H2. The molecule has 0 bridgehead atoms. The highest BCUT2D eigenvalue weighted by atomic mass is 15.0. The summed E-state index contributed by atoms with van der Waals surface area (Å²) in [5, 5.41) is 2.58. The van der Waals surface area contributed by atoms with Crippen LogP contribution in [-0.2, 0) is 6.42 Å². The van der Waals surface area contributed by atoms with Crippen LogP contribution >= 0.6 is 0 Å². The smallest absolute Gasteiger partial charge is 0.0570 e.